The summed E-state index contributed by atoms with van der Waals surface area (Å²) < 4.78 is 5.54. The fourth-order valence-corrected chi connectivity index (χ4v) is 2.08. The van der Waals surface area contributed by atoms with Crippen LogP contribution in [0.25, 0.3) is 11.0 Å². The summed E-state index contributed by atoms with van der Waals surface area (Å²) in [6, 6.07) is 5.22. The molecule has 0 aliphatic carbocycles. The van der Waals surface area contributed by atoms with Crippen LogP contribution in [0.2, 0.25) is 5.02 Å². The normalized spacial score (nSPS) is 10.6. The third kappa shape index (κ3) is 3.11. The minimum absolute atomic E-state index is 0.131. The Kier molecular flexibility index (Phi) is 4.29. The number of nitrogens with one attached hydrogen (secondary N) is 2. The van der Waals surface area contributed by atoms with Crippen LogP contribution < -0.4 is 10.6 Å². The Balaban J connectivity index is 2.10. The Bertz CT molecular complexity index is 664. The van der Waals surface area contributed by atoms with Gasteiger partial charge in [-0.15, -0.1) is 0 Å². The minimum atomic E-state index is -0.305. The maximum absolute atomic E-state index is 12.0. The summed E-state index contributed by atoms with van der Waals surface area (Å²) in [4.78, 5) is 22.7. The smallest absolute Gasteiger partial charge is 0.287 e. The molecule has 0 saturated carbocycles. The lowest BCUT2D eigenvalue weighted by Crippen LogP contribution is -2.33. The summed E-state index contributed by atoms with van der Waals surface area (Å²) in [5.74, 6) is -0.168. The average molecular weight is 295 g/mol. The molecule has 0 atom stereocenters. The van der Waals surface area contributed by atoms with Crippen LogP contribution >= 0.6 is 11.6 Å². The zero-order valence-corrected chi connectivity index (χ0v) is 12.0. The van der Waals surface area contributed by atoms with Crippen LogP contribution in [0.3, 0.4) is 0 Å². The fraction of sp³-hybridized carbons (Fsp3) is 0.286. The number of aryl methyl sites for hydroxylation is 1. The molecule has 5 nitrogen and oxygen atoms in total. The van der Waals surface area contributed by atoms with Gasteiger partial charge in [0.15, 0.2) is 5.76 Å². The van der Waals surface area contributed by atoms with E-state index in [4.69, 9.17) is 16.0 Å². The predicted molar refractivity (Wildman–Crippen MR) is 77.0 cm³/mol. The Morgan fingerprint density at radius 1 is 1.25 bits per heavy atom. The van der Waals surface area contributed by atoms with Crippen molar-refractivity contribution in [2.24, 2.45) is 0 Å². The maximum atomic E-state index is 12.0. The SMILES string of the molecule is CC(=O)NCCNC(=O)c1oc2ccc(Cl)cc2c1C. The molecular weight excluding hydrogens is 280 g/mol. The monoisotopic (exact) mass is 294 g/mol. The first-order chi connectivity index (χ1) is 9.49. The largest absolute Gasteiger partial charge is 0.451 e. The molecule has 0 spiro atoms. The third-order valence-electron chi connectivity index (χ3n) is 2.89. The van der Waals surface area contributed by atoms with E-state index in [1.165, 1.54) is 6.92 Å². The molecule has 1 aromatic heterocycles. The second-order valence-electron chi connectivity index (χ2n) is 4.44. The van der Waals surface area contributed by atoms with Crippen molar-refractivity contribution in [3.8, 4) is 0 Å². The van der Waals surface area contributed by atoms with E-state index in [2.05, 4.69) is 10.6 Å². The number of carbonyl (C=O) groups excluding carboxylic acids is 2. The summed E-state index contributed by atoms with van der Waals surface area (Å²) in [5, 5.41) is 6.71. The van der Waals surface area contributed by atoms with Crippen molar-refractivity contribution in [3.05, 3.63) is 34.5 Å². The summed E-state index contributed by atoms with van der Waals surface area (Å²) in [7, 11) is 0. The van der Waals surface area contributed by atoms with Gasteiger partial charge in [-0.05, 0) is 25.1 Å². The Hall–Kier alpha value is -2.01. The van der Waals surface area contributed by atoms with E-state index >= 15 is 0 Å². The topological polar surface area (TPSA) is 71.3 Å². The first-order valence-electron chi connectivity index (χ1n) is 6.20. The molecule has 0 aliphatic heterocycles. The molecule has 2 N–H and O–H groups in total. The van der Waals surface area contributed by atoms with Crippen LogP contribution in [0.15, 0.2) is 22.6 Å². The van der Waals surface area contributed by atoms with Crippen LogP contribution in [0.4, 0.5) is 0 Å². The van der Waals surface area contributed by atoms with Crippen molar-refractivity contribution in [2.45, 2.75) is 13.8 Å². The number of benzene rings is 1. The Morgan fingerprint density at radius 3 is 2.65 bits per heavy atom. The number of amides is 2. The number of furan rings is 1. The Labute approximate surface area is 121 Å². The minimum Gasteiger partial charge on any atom is -0.451 e. The predicted octanol–water partition coefficient (Wildman–Crippen LogP) is 2.26. The standard InChI is InChI=1S/C14H15ClN2O3/c1-8-11-7-10(15)3-4-12(11)20-13(8)14(19)17-6-5-16-9(2)18/h3-4,7H,5-6H2,1-2H3,(H,16,18)(H,17,19). The summed E-state index contributed by atoms with van der Waals surface area (Å²) in [6.07, 6.45) is 0. The molecule has 0 fully saturated rings. The van der Waals surface area contributed by atoms with Crippen molar-refractivity contribution in [1.82, 2.24) is 10.6 Å². The first-order valence-corrected chi connectivity index (χ1v) is 6.58. The van der Waals surface area contributed by atoms with Gasteiger partial charge in [0, 0.05) is 36.0 Å². The van der Waals surface area contributed by atoms with Gasteiger partial charge >= 0.3 is 0 Å². The van der Waals surface area contributed by atoms with Gasteiger partial charge in [0.2, 0.25) is 5.91 Å². The average Bonchev–Trinajstić information content (AvgIpc) is 2.72. The number of fused-ring (bicyclic) bond motifs is 1. The number of carbonyl (C=O) groups is 2. The van der Waals surface area contributed by atoms with E-state index in [1.807, 2.05) is 6.92 Å². The summed E-state index contributed by atoms with van der Waals surface area (Å²) in [6.45, 7) is 3.96. The molecular formula is C14H15ClN2O3. The molecule has 0 aliphatic rings. The van der Waals surface area contributed by atoms with E-state index in [9.17, 15) is 9.59 Å². The van der Waals surface area contributed by atoms with Crippen molar-refractivity contribution in [2.75, 3.05) is 13.1 Å². The summed E-state index contributed by atoms with van der Waals surface area (Å²) in [5.41, 5.74) is 1.37. The number of hydrogen-bond acceptors (Lipinski definition) is 3. The van der Waals surface area contributed by atoms with E-state index in [1.54, 1.807) is 18.2 Å². The molecule has 0 radical (unpaired) electrons. The zero-order chi connectivity index (χ0) is 14.7. The van der Waals surface area contributed by atoms with E-state index in [-0.39, 0.29) is 17.6 Å². The molecule has 0 bridgehead atoms. The highest BCUT2D eigenvalue weighted by Crippen LogP contribution is 2.27. The van der Waals surface area contributed by atoms with Crippen LogP contribution in [0.5, 0.6) is 0 Å². The van der Waals surface area contributed by atoms with Gasteiger partial charge in [0.05, 0.1) is 0 Å². The van der Waals surface area contributed by atoms with Crippen molar-refractivity contribution < 1.29 is 14.0 Å². The quantitative estimate of drug-likeness (QED) is 0.850. The van der Waals surface area contributed by atoms with Crippen LogP contribution in [0.1, 0.15) is 23.0 Å². The van der Waals surface area contributed by atoms with Crippen LogP contribution in [-0.4, -0.2) is 24.9 Å². The molecule has 20 heavy (non-hydrogen) atoms. The molecule has 2 amide bonds. The van der Waals surface area contributed by atoms with Gasteiger partial charge in [-0.2, -0.15) is 0 Å². The highest BCUT2D eigenvalue weighted by molar-refractivity contribution is 6.31. The van der Waals surface area contributed by atoms with Gasteiger partial charge in [-0.1, -0.05) is 11.6 Å². The lowest BCUT2D eigenvalue weighted by molar-refractivity contribution is -0.118. The van der Waals surface area contributed by atoms with E-state index in [0.29, 0.717) is 23.7 Å². The van der Waals surface area contributed by atoms with Gasteiger partial charge in [-0.3, -0.25) is 9.59 Å². The Morgan fingerprint density at radius 2 is 1.95 bits per heavy atom. The second kappa shape index (κ2) is 5.96. The van der Waals surface area contributed by atoms with Crippen molar-refractivity contribution in [3.63, 3.8) is 0 Å². The molecule has 106 valence electrons. The molecule has 0 saturated heterocycles. The molecule has 0 unspecified atom stereocenters. The van der Waals surface area contributed by atoms with Crippen molar-refractivity contribution in [1.29, 1.82) is 0 Å². The summed E-state index contributed by atoms with van der Waals surface area (Å²) >= 11 is 5.93. The van der Waals surface area contributed by atoms with Gasteiger partial charge < -0.3 is 15.1 Å². The van der Waals surface area contributed by atoms with E-state index < -0.39 is 0 Å². The zero-order valence-electron chi connectivity index (χ0n) is 11.2. The second-order valence-corrected chi connectivity index (χ2v) is 4.87. The number of hydrogen-bond donors (Lipinski definition) is 2. The fourth-order valence-electron chi connectivity index (χ4n) is 1.90. The molecule has 1 aromatic carbocycles. The third-order valence-corrected chi connectivity index (χ3v) is 3.12. The highest BCUT2D eigenvalue weighted by atomic mass is 35.5. The van der Waals surface area contributed by atoms with E-state index in [0.717, 1.165) is 10.9 Å². The molecule has 2 aromatic rings. The van der Waals surface area contributed by atoms with Crippen LogP contribution in [-0.2, 0) is 4.79 Å². The first kappa shape index (κ1) is 14.4. The van der Waals surface area contributed by atoms with Gasteiger partial charge in [0.25, 0.3) is 5.91 Å². The van der Waals surface area contributed by atoms with Gasteiger partial charge in [0.1, 0.15) is 5.58 Å². The highest BCUT2D eigenvalue weighted by Gasteiger charge is 2.17. The maximum Gasteiger partial charge on any atom is 0.287 e. The van der Waals surface area contributed by atoms with Crippen molar-refractivity contribution >= 4 is 34.4 Å². The molecule has 1 heterocycles. The lowest BCUT2D eigenvalue weighted by atomic mass is 10.1. The molecule has 6 heteroatoms. The van der Waals surface area contributed by atoms with Gasteiger partial charge in [-0.25, -0.2) is 0 Å². The number of rotatable bonds is 4. The molecule has 2 rings (SSSR count). The lowest BCUT2D eigenvalue weighted by Gasteiger charge is -2.04. The van der Waals surface area contributed by atoms with Crippen LogP contribution in [0, 0.1) is 6.92 Å². The number of halogens is 1.